The molecule has 21 heavy (non-hydrogen) atoms. The lowest BCUT2D eigenvalue weighted by atomic mass is 10.2. The van der Waals surface area contributed by atoms with Crippen LogP contribution in [0.4, 0.5) is 11.5 Å². The molecule has 0 bridgehead atoms. The molecule has 5 nitrogen and oxygen atoms in total. The largest absolute Gasteiger partial charge is 0.369 e. The molecular formula is C14H14ClN3O2S. The number of hydrogen-bond donors (Lipinski definition) is 1. The summed E-state index contributed by atoms with van der Waals surface area (Å²) in [4.78, 5) is 15.4. The molecule has 7 heteroatoms. The summed E-state index contributed by atoms with van der Waals surface area (Å²) in [7, 11) is 0. The van der Waals surface area contributed by atoms with Crippen molar-refractivity contribution in [3.63, 3.8) is 0 Å². The van der Waals surface area contributed by atoms with E-state index in [0.717, 1.165) is 27.8 Å². The van der Waals surface area contributed by atoms with E-state index in [4.69, 9.17) is 11.6 Å². The number of thioether (sulfide) groups is 1. The molecule has 0 fully saturated rings. The van der Waals surface area contributed by atoms with Crippen molar-refractivity contribution < 1.29 is 4.92 Å². The number of rotatable bonds is 6. The fourth-order valence-electron chi connectivity index (χ4n) is 1.71. The molecule has 2 rings (SSSR count). The molecule has 0 saturated heterocycles. The standard InChI is InChI=1S/C14H14ClN3O2S/c1-10-8-12(18(19)20)9-17-14(10)16-6-7-21-13-4-2-11(15)3-5-13/h2-5,8-9H,6-7H2,1H3,(H,16,17). The maximum absolute atomic E-state index is 10.6. The molecule has 0 aliphatic heterocycles. The number of pyridine rings is 1. The van der Waals surface area contributed by atoms with Crippen LogP contribution in [0.15, 0.2) is 41.4 Å². The quantitative estimate of drug-likeness (QED) is 0.374. The van der Waals surface area contributed by atoms with E-state index >= 15 is 0 Å². The minimum absolute atomic E-state index is 0.00795. The molecule has 1 N–H and O–H groups in total. The Bertz CT molecular complexity index is 635. The first-order chi connectivity index (χ1) is 10.1. The highest BCUT2D eigenvalue weighted by atomic mass is 35.5. The molecule has 0 atom stereocenters. The van der Waals surface area contributed by atoms with Crippen molar-refractivity contribution in [1.82, 2.24) is 4.98 Å². The number of nitrogens with zero attached hydrogens (tertiary/aromatic N) is 2. The Morgan fingerprint density at radius 2 is 2.10 bits per heavy atom. The van der Waals surface area contributed by atoms with Gasteiger partial charge in [-0.3, -0.25) is 10.1 Å². The second-order valence-electron chi connectivity index (χ2n) is 4.35. The van der Waals surface area contributed by atoms with E-state index in [9.17, 15) is 10.1 Å². The van der Waals surface area contributed by atoms with Gasteiger partial charge >= 0.3 is 0 Å². The van der Waals surface area contributed by atoms with Crippen LogP contribution in [0.1, 0.15) is 5.56 Å². The van der Waals surface area contributed by atoms with Gasteiger partial charge in [0, 0.05) is 28.3 Å². The molecule has 0 spiro atoms. The predicted molar refractivity (Wildman–Crippen MR) is 86.3 cm³/mol. The number of aryl methyl sites for hydroxylation is 1. The third-order valence-corrected chi connectivity index (χ3v) is 4.02. The zero-order valence-corrected chi connectivity index (χ0v) is 12.9. The molecular weight excluding hydrogens is 310 g/mol. The monoisotopic (exact) mass is 323 g/mol. The van der Waals surface area contributed by atoms with E-state index in [1.165, 1.54) is 12.3 Å². The fourth-order valence-corrected chi connectivity index (χ4v) is 2.61. The van der Waals surface area contributed by atoms with Crippen LogP contribution in [0.5, 0.6) is 0 Å². The summed E-state index contributed by atoms with van der Waals surface area (Å²) in [6.45, 7) is 2.52. The van der Waals surface area contributed by atoms with Gasteiger partial charge in [0.1, 0.15) is 12.0 Å². The average molecular weight is 324 g/mol. The van der Waals surface area contributed by atoms with Crippen LogP contribution < -0.4 is 5.32 Å². The highest BCUT2D eigenvalue weighted by Crippen LogP contribution is 2.21. The highest BCUT2D eigenvalue weighted by molar-refractivity contribution is 7.99. The molecule has 1 heterocycles. The number of halogens is 1. The molecule has 0 unspecified atom stereocenters. The van der Waals surface area contributed by atoms with Crippen molar-refractivity contribution >= 4 is 34.9 Å². The van der Waals surface area contributed by atoms with Gasteiger partial charge in [-0.25, -0.2) is 4.98 Å². The van der Waals surface area contributed by atoms with E-state index in [-0.39, 0.29) is 5.69 Å². The molecule has 1 aromatic heterocycles. The number of aromatic nitrogens is 1. The van der Waals surface area contributed by atoms with Crippen LogP contribution in [0.2, 0.25) is 5.02 Å². The van der Waals surface area contributed by atoms with Crippen molar-refractivity contribution in [1.29, 1.82) is 0 Å². The van der Waals surface area contributed by atoms with Gasteiger partial charge in [0.05, 0.1) is 4.92 Å². The van der Waals surface area contributed by atoms with Gasteiger partial charge in [-0.05, 0) is 36.8 Å². The zero-order valence-electron chi connectivity index (χ0n) is 11.4. The number of nitro groups is 1. The Labute approximate surface area is 131 Å². The second-order valence-corrected chi connectivity index (χ2v) is 5.95. The van der Waals surface area contributed by atoms with Crippen LogP contribution in [0.25, 0.3) is 0 Å². The first-order valence-corrected chi connectivity index (χ1v) is 7.66. The molecule has 0 aliphatic carbocycles. The second kappa shape index (κ2) is 7.28. The Morgan fingerprint density at radius 3 is 2.71 bits per heavy atom. The Kier molecular flexibility index (Phi) is 5.41. The van der Waals surface area contributed by atoms with Gasteiger partial charge < -0.3 is 5.32 Å². The van der Waals surface area contributed by atoms with Crippen LogP contribution >= 0.6 is 23.4 Å². The lowest BCUT2D eigenvalue weighted by Crippen LogP contribution is -2.07. The first kappa shape index (κ1) is 15.6. The normalized spacial score (nSPS) is 10.4. The van der Waals surface area contributed by atoms with Gasteiger partial charge in [-0.1, -0.05) is 11.6 Å². The summed E-state index contributed by atoms with van der Waals surface area (Å²) in [5.41, 5.74) is 0.772. The predicted octanol–water partition coefficient (Wildman–Crippen LogP) is 4.16. The van der Waals surface area contributed by atoms with Crippen molar-refractivity contribution in [2.75, 3.05) is 17.6 Å². The van der Waals surface area contributed by atoms with Crippen LogP contribution in [0, 0.1) is 17.0 Å². The molecule has 0 aliphatic rings. The Balaban J connectivity index is 1.83. The fraction of sp³-hybridized carbons (Fsp3) is 0.214. The van der Waals surface area contributed by atoms with Crippen molar-refractivity contribution in [2.45, 2.75) is 11.8 Å². The molecule has 110 valence electrons. The van der Waals surface area contributed by atoms with Gasteiger partial charge in [0.2, 0.25) is 0 Å². The molecule has 0 radical (unpaired) electrons. The first-order valence-electron chi connectivity index (χ1n) is 6.29. The average Bonchev–Trinajstić information content (AvgIpc) is 2.46. The number of nitrogens with one attached hydrogen (secondary N) is 1. The van der Waals surface area contributed by atoms with Crippen molar-refractivity contribution in [3.8, 4) is 0 Å². The summed E-state index contributed by atoms with van der Waals surface area (Å²) < 4.78 is 0. The van der Waals surface area contributed by atoms with Gasteiger partial charge in [0.25, 0.3) is 5.69 Å². The summed E-state index contributed by atoms with van der Waals surface area (Å²) >= 11 is 7.53. The van der Waals surface area contributed by atoms with Crippen LogP contribution in [-0.4, -0.2) is 22.2 Å². The summed E-state index contributed by atoms with van der Waals surface area (Å²) in [5, 5.41) is 14.5. The molecule has 2 aromatic rings. The summed E-state index contributed by atoms with van der Waals surface area (Å²) in [6, 6.07) is 9.19. The smallest absolute Gasteiger partial charge is 0.287 e. The van der Waals surface area contributed by atoms with Crippen molar-refractivity contribution in [2.24, 2.45) is 0 Å². The Hall–Kier alpha value is -1.79. The van der Waals surface area contributed by atoms with Crippen LogP contribution in [-0.2, 0) is 0 Å². The maximum Gasteiger partial charge on any atom is 0.287 e. The van der Waals surface area contributed by atoms with Crippen LogP contribution in [0.3, 0.4) is 0 Å². The van der Waals surface area contributed by atoms with Gasteiger partial charge in [-0.2, -0.15) is 0 Å². The summed E-state index contributed by atoms with van der Waals surface area (Å²) in [5.74, 6) is 1.54. The number of hydrogen-bond acceptors (Lipinski definition) is 5. The molecule has 0 saturated carbocycles. The topological polar surface area (TPSA) is 68.1 Å². The van der Waals surface area contributed by atoms with E-state index < -0.39 is 4.92 Å². The lowest BCUT2D eigenvalue weighted by Gasteiger charge is -2.08. The minimum Gasteiger partial charge on any atom is -0.369 e. The number of anilines is 1. The third-order valence-electron chi connectivity index (χ3n) is 2.75. The maximum atomic E-state index is 10.6. The van der Waals surface area contributed by atoms with E-state index in [1.54, 1.807) is 18.7 Å². The third kappa shape index (κ3) is 4.61. The number of benzene rings is 1. The molecule has 1 aromatic carbocycles. The van der Waals surface area contributed by atoms with Crippen molar-refractivity contribution in [3.05, 3.63) is 57.2 Å². The van der Waals surface area contributed by atoms with E-state index in [2.05, 4.69) is 10.3 Å². The van der Waals surface area contributed by atoms with E-state index in [1.807, 2.05) is 24.3 Å². The minimum atomic E-state index is -0.444. The summed E-state index contributed by atoms with van der Waals surface area (Å²) in [6.07, 6.45) is 1.27. The van der Waals surface area contributed by atoms with Gasteiger partial charge in [-0.15, -0.1) is 11.8 Å². The SMILES string of the molecule is Cc1cc([N+](=O)[O-])cnc1NCCSc1ccc(Cl)cc1. The Morgan fingerprint density at radius 1 is 1.38 bits per heavy atom. The highest BCUT2D eigenvalue weighted by Gasteiger charge is 2.08. The van der Waals surface area contributed by atoms with Gasteiger partial charge in [0.15, 0.2) is 0 Å². The zero-order chi connectivity index (χ0) is 15.2. The molecule has 0 amide bonds. The lowest BCUT2D eigenvalue weighted by molar-refractivity contribution is -0.385. The van der Waals surface area contributed by atoms with E-state index in [0.29, 0.717) is 5.82 Å².